The van der Waals surface area contributed by atoms with Crippen LogP contribution in [0.1, 0.15) is 69.9 Å². The molecule has 1 aromatic rings. The number of rotatable bonds is 3. The van der Waals surface area contributed by atoms with Crippen molar-refractivity contribution >= 4 is 17.7 Å². The number of ether oxygens (including phenoxy) is 1. The highest BCUT2D eigenvalue weighted by molar-refractivity contribution is 5.94. The summed E-state index contributed by atoms with van der Waals surface area (Å²) in [6.07, 6.45) is 7.49. The van der Waals surface area contributed by atoms with Gasteiger partial charge < -0.3 is 19.9 Å². The van der Waals surface area contributed by atoms with Gasteiger partial charge in [0.05, 0.1) is 6.61 Å². The number of amides is 2. The van der Waals surface area contributed by atoms with E-state index in [1.54, 1.807) is 6.92 Å². The van der Waals surface area contributed by atoms with Crippen molar-refractivity contribution < 1.29 is 14.3 Å². The van der Waals surface area contributed by atoms with Crippen LogP contribution in [0.25, 0.3) is 0 Å². The fourth-order valence-corrected chi connectivity index (χ4v) is 5.95. The van der Waals surface area contributed by atoms with Gasteiger partial charge in [0.1, 0.15) is 0 Å². The molecule has 2 amide bonds. The minimum Gasteiger partial charge on any atom is -0.450 e. The lowest BCUT2D eigenvalue weighted by molar-refractivity contribution is -0.116. The predicted octanol–water partition coefficient (Wildman–Crippen LogP) is 4.14. The van der Waals surface area contributed by atoms with Crippen molar-refractivity contribution in [3.8, 4) is 0 Å². The zero-order valence-electron chi connectivity index (χ0n) is 19.3. The summed E-state index contributed by atoms with van der Waals surface area (Å²) in [6.45, 7) is 8.99. The summed E-state index contributed by atoms with van der Waals surface area (Å²) in [7, 11) is 0. The molecule has 1 aliphatic carbocycles. The van der Waals surface area contributed by atoms with Crippen molar-refractivity contribution in [3.63, 3.8) is 0 Å². The van der Waals surface area contributed by atoms with Crippen molar-refractivity contribution in [3.05, 3.63) is 29.3 Å². The van der Waals surface area contributed by atoms with Crippen LogP contribution >= 0.6 is 0 Å². The van der Waals surface area contributed by atoms with Crippen molar-refractivity contribution in [2.75, 3.05) is 31.1 Å². The Kier molecular flexibility index (Phi) is 6.56. The molecule has 0 aromatic heterocycles. The number of benzene rings is 1. The molecule has 6 nitrogen and oxygen atoms in total. The second kappa shape index (κ2) is 9.19. The molecule has 1 N–H and O–H groups in total. The topological polar surface area (TPSA) is 61.9 Å². The number of aryl methyl sites for hydroxylation is 1. The van der Waals surface area contributed by atoms with E-state index in [-0.39, 0.29) is 23.5 Å². The third-order valence-electron chi connectivity index (χ3n) is 7.62. The normalized spacial score (nSPS) is 25.7. The van der Waals surface area contributed by atoms with Gasteiger partial charge in [-0.3, -0.25) is 4.79 Å². The third kappa shape index (κ3) is 4.59. The Hall–Kier alpha value is -2.08. The zero-order valence-corrected chi connectivity index (χ0v) is 19.3. The van der Waals surface area contributed by atoms with E-state index in [0.717, 1.165) is 57.4 Å². The number of fused-ring (bicyclic) bond motifs is 2. The SMILES string of the molecule is CCOC(=O)NC1CCCCC(N2CCC3(CC2)CN(C(C)=O)c2ccc(C)cc23)C1. The van der Waals surface area contributed by atoms with Crippen LogP contribution in [-0.4, -0.2) is 55.2 Å². The maximum atomic E-state index is 12.3. The number of piperidine rings is 1. The number of hydrogen-bond acceptors (Lipinski definition) is 4. The van der Waals surface area contributed by atoms with Crippen LogP contribution in [0.4, 0.5) is 10.5 Å². The first-order valence-corrected chi connectivity index (χ1v) is 12.0. The number of anilines is 1. The van der Waals surface area contributed by atoms with Gasteiger partial charge in [-0.15, -0.1) is 0 Å². The van der Waals surface area contributed by atoms with Crippen molar-refractivity contribution in [1.82, 2.24) is 10.2 Å². The monoisotopic (exact) mass is 427 g/mol. The van der Waals surface area contributed by atoms with E-state index in [4.69, 9.17) is 4.74 Å². The highest BCUT2D eigenvalue weighted by atomic mass is 16.5. The average Bonchev–Trinajstić information content (AvgIpc) is 2.87. The number of carbonyl (C=O) groups is 2. The van der Waals surface area contributed by atoms with Crippen LogP contribution in [-0.2, 0) is 14.9 Å². The quantitative estimate of drug-likeness (QED) is 0.737. The van der Waals surface area contributed by atoms with E-state index in [0.29, 0.717) is 12.6 Å². The molecule has 6 heteroatoms. The lowest BCUT2D eigenvalue weighted by Crippen LogP contribution is -2.50. The summed E-state index contributed by atoms with van der Waals surface area (Å²) in [5, 5.41) is 3.08. The van der Waals surface area contributed by atoms with Crippen molar-refractivity contribution in [2.45, 2.75) is 83.2 Å². The van der Waals surface area contributed by atoms with Gasteiger partial charge in [0.2, 0.25) is 5.91 Å². The summed E-state index contributed by atoms with van der Waals surface area (Å²) >= 11 is 0. The molecule has 2 unspecified atom stereocenters. The fraction of sp³-hybridized carbons (Fsp3) is 0.680. The van der Waals surface area contributed by atoms with Crippen LogP contribution < -0.4 is 10.2 Å². The van der Waals surface area contributed by atoms with E-state index in [2.05, 4.69) is 35.3 Å². The van der Waals surface area contributed by atoms with Crippen LogP contribution in [0.2, 0.25) is 0 Å². The lowest BCUT2D eigenvalue weighted by atomic mass is 9.73. The Balaban J connectivity index is 1.44. The Bertz CT molecular complexity index is 816. The van der Waals surface area contributed by atoms with E-state index in [1.807, 2.05) is 11.8 Å². The maximum absolute atomic E-state index is 12.3. The number of nitrogens with one attached hydrogen (secondary N) is 1. The Morgan fingerprint density at radius 1 is 1.19 bits per heavy atom. The minimum absolute atomic E-state index is 0.0802. The van der Waals surface area contributed by atoms with E-state index in [9.17, 15) is 9.59 Å². The Morgan fingerprint density at radius 3 is 2.65 bits per heavy atom. The van der Waals surface area contributed by atoms with E-state index < -0.39 is 0 Å². The largest absolute Gasteiger partial charge is 0.450 e. The van der Waals surface area contributed by atoms with Gasteiger partial charge >= 0.3 is 6.09 Å². The van der Waals surface area contributed by atoms with Gasteiger partial charge in [-0.05, 0) is 70.7 Å². The van der Waals surface area contributed by atoms with Gasteiger partial charge in [-0.1, -0.05) is 30.5 Å². The summed E-state index contributed by atoms with van der Waals surface area (Å²) in [6, 6.07) is 7.26. The van der Waals surface area contributed by atoms with Crippen LogP contribution in [0.3, 0.4) is 0 Å². The summed E-state index contributed by atoms with van der Waals surface area (Å²) in [5.74, 6) is 0.140. The number of hydrogen-bond donors (Lipinski definition) is 1. The standard InChI is InChI=1S/C25H37N3O3/c1-4-31-24(30)26-20-7-5-6-8-21(16-20)27-13-11-25(12-14-27)17-28(19(3)29)23-10-9-18(2)15-22(23)25/h9-10,15,20-21H,4-8,11-14,16-17H2,1-3H3,(H,26,30). The van der Waals surface area contributed by atoms with Gasteiger partial charge in [0.15, 0.2) is 0 Å². The molecule has 3 aliphatic rings. The van der Waals surface area contributed by atoms with Crippen LogP contribution in [0, 0.1) is 6.92 Å². The molecule has 31 heavy (non-hydrogen) atoms. The number of alkyl carbamates (subject to hydrolysis) is 1. The van der Waals surface area contributed by atoms with E-state index >= 15 is 0 Å². The Labute approximate surface area is 186 Å². The molecule has 2 aliphatic heterocycles. The second-order valence-corrected chi connectivity index (χ2v) is 9.68. The summed E-state index contributed by atoms with van der Waals surface area (Å²) in [5.41, 5.74) is 3.82. The summed E-state index contributed by atoms with van der Waals surface area (Å²) < 4.78 is 5.11. The van der Waals surface area contributed by atoms with Gasteiger partial charge in [0, 0.05) is 36.7 Å². The highest BCUT2D eigenvalue weighted by Crippen LogP contribution is 2.48. The molecule has 1 spiro atoms. The third-order valence-corrected chi connectivity index (χ3v) is 7.62. The number of carbonyl (C=O) groups excluding carboxylic acids is 2. The molecule has 2 heterocycles. The average molecular weight is 428 g/mol. The molecule has 0 radical (unpaired) electrons. The molecule has 0 bridgehead atoms. The molecule has 170 valence electrons. The van der Waals surface area contributed by atoms with Gasteiger partial charge in [-0.25, -0.2) is 4.79 Å². The maximum Gasteiger partial charge on any atom is 0.407 e. The molecule has 1 aromatic carbocycles. The van der Waals surface area contributed by atoms with E-state index in [1.165, 1.54) is 24.0 Å². The Morgan fingerprint density at radius 2 is 1.94 bits per heavy atom. The molecule has 2 fully saturated rings. The molecule has 1 saturated heterocycles. The molecule has 2 atom stereocenters. The van der Waals surface area contributed by atoms with Gasteiger partial charge in [-0.2, -0.15) is 0 Å². The molecular formula is C25H37N3O3. The highest BCUT2D eigenvalue weighted by Gasteiger charge is 2.46. The van der Waals surface area contributed by atoms with Crippen LogP contribution in [0.5, 0.6) is 0 Å². The number of nitrogens with zero attached hydrogens (tertiary/aromatic N) is 2. The zero-order chi connectivity index (χ0) is 22.0. The van der Waals surface area contributed by atoms with Crippen molar-refractivity contribution in [2.24, 2.45) is 0 Å². The molecule has 4 rings (SSSR count). The number of likely N-dealkylation sites (tertiary alicyclic amines) is 1. The predicted molar refractivity (Wildman–Crippen MR) is 123 cm³/mol. The summed E-state index contributed by atoms with van der Waals surface area (Å²) in [4.78, 5) is 28.9. The molecule has 1 saturated carbocycles. The minimum atomic E-state index is -0.284. The molecular weight excluding hydrogens is 390 g/mol. The lowest BCUT2D eigenvalue weighted by Gasteiger charge is -2.43. The van der Waals surface area contributed by atoms with Crippen molar-refractivity contribution in [1.29, 1.82) is 0 Å². The fourth-order valence-electron chi connectivity index (χ4n) is 5.95. The smallest absolute Gasteiger partial charge is 0.407 e. The van der Waals surface area contributed by atoms with Crippen LogP contribution in [0.15, 0.2) is 18.2 Å². The first-order chi connectivity index (χ1) is 14.9. The second-order valence-electron chi connectivity index (χ2n) is 9.68. The first kappa shape index (κ1) is 22.1. The van der Waals surface area contributed by atoms with Gasteiger partial charge in [0.25, 0.3) is 0 Å². The first-order valence-electron chi connectivity index (χ1n) is 12.0.